The van der Waals surface area contributed by atoms with Crippen LogP contribution in [0.4, 0.5) is 17.1 Å². The van der Waals surface area contributed by atoms with E-state index in [1.807, 2.05) is 42.5 Å². The van der Waals surface area contributed by atoms with Crippen molar-refractivity contribution in [2.75, 3.05) is 23.1 Å². The zero-order valence-electron chi connectivity index (χ0n) is 21.8. The predicted molar refractivity (Wildman–Crippen MR) is 156 cm³/mol. The number of anilines is 2. The van der Waals surface area contributed by atoms with Crippen LogP contribution >= 0.6 is 0 Å². The van der Waals surface area contributed by atoms with Crippen molar-refractivity contribution in [3.63, 3.8) is 0 Å². The molecular formula is C31H29N5O3S. The number of amides is 1. The van der Waals surface area contributed by atoms with E-state index in [4.69, 9.17) is 4.99 Å². The van der Waals surface area contributed by atoms with Gasteiger partial charge in [0, 0.05) is 24.1 Å². The number of likely N-dealkylation sites (tertiary alicyclic amines) is 1. The number of pyridine rings is 1. The number of fused-ring (bicyclic) bond motifs is 1. The average molecular weight is 552 g/mol. The first-order valence-electron chi connectivity index (χ1n) is 13.3. The van der Waals surface area contributed by atoms with Crippen molar-refractivity contribution >= 4 is 38.7 Å². The Morgan fingerprint density at radius 3 is 2.42 bits per heavy atom. The van der Waals surface area contributed by atoms with E-state index in [2.05, 4.69) is 32.1 Å². The van der Waals surface area contributed by atoms with Gasteiger partial charge in [-0.05, 0) is 85.1 Å². The Morgan fingerprint density at radius 2 is 1.70 bits per heavy atom. The molecule has 40 heavy (non-hydrogen) atoms. The van der Waals surface area contributed by atoms with E-state index in [0.717, 1.165) is 30.9 Å². The van der Waals surface area contributed by atoms with Crippen LogP contribution in [-0.4, -0.2) is 43.0 Å². The average Bonchev–Trinajstić information content (AvgIpc) is 3.60. The van der Waals surface area contributed by atoms with Gasteiger partial charge in [-0.25, -0.2) is 4.98 Å². The number of benzene rings is 3. The van der Waals surface area contributed by atoms with Gasteiger partial charge in [0.1, 0.15) is 5.92 Å². The molecule has 2 N–H and O–H groups in total. The van der Waals surface area contributed by atoms with Crippen molar-refractivity contribution in [3.8, 4) is 0 Å². The molecule has 0 aliphatic carbocycles. The number of nitrogens with zero attached hydrogens (tertiary/aromatic N) is 3. The summed E-state index contributed by atoms with van der Waals surface area (Å²) in [5.41, 5.74) is 5.00. The first-order chi connectivity index (χ1) is 19.5. The highest BCUT2D eigenvalue weighted by Crippen LogP contribution is 2.38. The lowest BCUT2D eigenvalue weighted by atomic mass is 9.90. The molecule has 6 rings (SSSR count). The number of aromatic nitrogens is 1. The molecule has 0 saturated carbocycles. The predicted octanol–water partition coefficient (Wildman–Crippen LogP) is 5.33. The Bertz CT molecular complexity index is 1650. The fourth-order valence-electron chi connectivity index (χ4n) is 5.23. The summed E-state index contributed by atoms with van der Waals surface area (Å²) < 4.78 is 28.4. The van der Waals surface area contributed by atoms with Crippen LogP contribution in [0, 0.1) is 0 Å². The van der Waals surface area contributed by atoms with Crippen LogP contribution in [0.3, 0.4) is 0 Å². The molecule has 1 amide bonds. The van der Waals surface area contributed by atoms with Gasteiger partial charge >= 0.3 is 0 Å². The molecule has 202 valence electrons. The lowest BCUT2D eigenvalue weighted by Crippen LogP contribution is -2.22. The molecule has 8 nitrogen and oxygen atoms in total. The summed E-state index contributed by atoms with van der Waals surface area (Å²) in [4.78, 5) is 24.7. The van der Waals surface area contributed by atoms with Crippen molar-refractivity contribution < 1.29 is 13.2 Å². The summed E-state index contributed by atoms with van der Waals surface area (Å²) in [7, 11) is -3.90. The number of rotatable bonds is 8. The maximum absolute atomic E-state index is 13.4. The smallest absolute Gasteiger partial charge is 0.279 e. The molecule has 3 aromatic carbocycles. The fourth-order valence-corrected chi connectivity index (χ4v) is 6.23. The van der Waals surface area contributed by atoms with Crippen LogP contribution in [0.1, 0.15) is 35.4 Å². The van der Waals surface area contributed by atoms with Crippen molar-refractivity contribution in [2.24, 2.45) is 4.99 Å². The third-order valence-corrected chi connectivity index (χ3v) is 8.48. The first-order valence-corrected chi connectivity index (χ1v) is 14.8. The molecule has 1 aromatic heterocycles. The number of carbonyl (C=O) groups excluding carboxylic acids is 1. The van der Waals surface area contributed by atoms with Gasteiger partial charge in [-0.1, -0.05) is 48.5 Å². The van der Waals surface area contributed by atoms with Crippen molar-refractivity contribution in [1.82, 2.24) is 9.88 Å². The van der Waals surface area contributed by atoms with E-state index in [1.165, 1.54) is 30.7 Å². The Labute approximate surface area is 233 Å². The first kappa shape index (κ1) is 25.9. The summed E-state index contributed by atoms with van der Waals surface area (Å²) >= 11 is 0. The van der Waals surface area contributed by atoms with Crippen LogP contribution in [0.25, 0.3) is 0 Å². The Kier molecular flexibility index (Phi) is 7.15. The Hall–Kier alpha value is -4.34. The molecule has 2 aliphatic rings. The van der Waals surface area contributed by atoms with Gasteiger partial charge in [-0.3, -0.25) is 19.4 Å². The molecule has 4 aromatic rings. The van der Waals surface area contributed by atoms with Gasteiger partial charge in [0.2, 0.25) is 5.91 Å². The summed E-state index contributed by atoms with van der Waals surface area (Å²) in [5, 5.41) is 2.86. The molecule has 1 unspecified atom stereocenters. The van der Waals surface area contributed by atoms with Gasteiger partial charge < -0.3 is 5.32 Å². The summed E-state index contributed by atoms with van der Waals surface area (Å²) in [5.74, 6) is -0.936. The third kappa shape index (κ3) is 5.52. The van der Waals surface area contributed by atoms with Crippen LogP contribution in [-0.2, 0) is 21.4 Å². The highest BCUT2D eigenvalue weighted by Gasteiger charge is 2.36. The maximum Gasteiger partial charge on any atom is 0.279 e. The van der Waals surface area contributed by atoms with Gasteiger partial charge in [-0.2, -0.15) is 8.42 Å². The highest BCUT2D eigenvalue weighted by molar-refractivity contribution is 7.92. The fraction of sp³-hybridized carbons (Fsp3) is 0.194. The Morgan fingerprint density at radius 1 is 0.950 bits per heavy atom. The van der Waals surface area contributed by atoms with E-state index >= 15 is 0 Å². The lowest BCUT2D eigenvalue weighted by Gasteiger charge is -2.16. The van der Waals surface area contributed by atoms with Crippen molar-refractivity contribution in [1.29, 1.82) is 0 Å². The quantitative estimate of drug-likeness (QED) is 0.288. The number of hydrogen-bond donors (Lipinski definition) is 2. The number of carbonyl (C=O) groups is 1. The van der Waals surface area contributed by atoms with Gasteiger partial charge in [0.05, 0.1) is 11.4 Å². The van der Waals surface area contributed by atoms with Gasteiger partial charge in [0.25, 0.3) is 10.0 Å². The molecule has 2 aliphatic heterocycles. The van der Waals surface area contributed by atoms with Crippen LogP contribution in [0.2, 0.25) is 0 Å². The van der Waals surface area contributed by atoms with E-state index in [-0.39, 0.29) is 10.9 Å². The van der Waals surface area contributed by atoms with Crippen molar-refractivity contribution in [3.05, 3.63) is 114 Å². The largest absolute Gasteiger partial charge is 0.325 e. The summed E-state index contributed by atoms with van der Waals surface area (Å²) in [6.07, 6.45) is 3.93. The second kappa shape index (κ2) is 11.0. The third-order valence-electron chi connectivity index (χ3n) is 7.18. The van der Waals surface area contributed by atoms with E-state index in [1.54, 1.807) is 30.3 Å². The number of nitrogens with one attached hydrogen (secondary N) is 2. The molecule has 3 heterocycles. The Balaban J connectivity index is 1.34. The van der Waals surface area contributed by atoms with Gasteiger partial charge in [-0.15, -0.1) is 0 Å². The normalized spacial score (nSPS) is 17.4. The van der Waals surface area contributed by atoms with Crippen LogP contribution in [0.5, 0.6) is 0 Å². The zero-order valence-corrected chi connectivity index (χ0v) is 22.6. The van der Waals surface area contributed by atoms with Gasteiger partial charge in [0.15, 0.2) is 5.03 Å². The number of sulfonamides is 1. The minimum absolute atomic E-state index is 0.0824. The molecule has 9 heteroatoms. The van der Waals surface area contributed by atoms with E-state index in [9.17, 15) is 13.2 Å². The molecule has 1 atom stereocenters. The number of hydrogen-bond acceptors (Lipinski definition) is 6. The molecule has 1 saturated heterocycles. The molecule has 0 radical (unpaired) electrons. The maximum atomic E-state index is 13.4. The second-order valence-electron chi connectivity index (χ2n) is 10.0. The highest BCUT2D eigenvalue weighted by atomic mass is 32.2. The molecule has 0 spiro atoms. The minimum atomic E-state index is -3.90. The zero-order chi connectivity index (χ0) is 27.5. The summed E-state index contributed by atoms with van der Waals surface area (Å²) in [6, 6.07) is 27.5. The molecule has 1 fully saturated rings. The van der Waals surface area contributed by atoms with E-state index in [0.29, 0.717) is 22.6 Å². The van der Waals surface area contributed by atoms with Crippen LogP contribution in [0.15, 0.2) is 107 Å². The SMILES string of the molecule is O=C1Nc2ccc(NS(=O)(=O)c3ccccn3)cc2C1C(=Nc1ccc(CN2CCCC2)cc1)c1ccccc1. The summed E-state index contributed by atoms with van der Waals surface area (Å²) in [6.45, 7) is 3.19. The van der Waals surface area contributed by atoms with Crippen molar-refractivity contribution in [2.45, 2.75) is 30.3 Å². The molecule has 0 bridgehead atoms. The molecular weight excluding hydrogens is 522 g/mol. The topological polar surface area (TPSA) is 104 Å². The lowest BCUT2D eigenvalue weighted by molar-refractivity contribution is -0.115. The van der Waals surface area contributed by atoms with E-state index < -0.39 is 15.9 Å². The monoisotopic (exact) mass is 551 g/mol. The number of aliphatic imine (C=N–C) groups is 1. The second-order valence-corrected chi connectivity index (χ2v) is 11.6. The minimum Gasteiger partial charge on any atom is -0.325 e. The standard InChI is InChI=1S/C31H29N5O3S/c37-31-29(26-20-25(15-16-27(26)34-31)35-40(38,39)28-10-4-5-17-32-28)30(23-8-2-1-3-9-23)33-24-13-11-22(12-14-24)21-36-18-6-7-19-36/h1-5,8-17,20,29,35H,6-7,18-19,21H2,(H,34,37). The van der Waals surface area contributed by atoms with Crippen LogP contribution < -0.4 is 10.0 Å².